The molecule has 0 aliphatic carbocycles. The lowest BCUT2D eigenvalue weighted by Gasteiger charge is -2.23. The van der Waals surface area contributed by atoms with Crippen LogP contribution in [0.2, 0.25) is 0 Å². The van der Waals surface area contributed by atoms with E-state index < -0.39 is 11.5 Å². The topological polar surface area (TPSA) is 72.8 Å². The molecule has 0 unspecified atom stereocenters. The van der Waals surface area contributed by atoms with Crippen molar-refractivity contribution in [3.63, 3.8) is 0 Å². The number of ether oxygens (including phenoxy) is 2. The van der Waals surface area contributed by atoms with E-state index in [1.54, 1.807) is 12.1 Å². The van der Waals surface area contributed by atoms with Gasteiger partial charge in [0.2, 0.25) is 8.46 Å². The van der Waals surface area contributed by atoms with Gasteiger partial charge in [-0.3, -0.25) is 4.57 Å². The summed E-state index contributed by atoms with van der Waals surface area (Å²) in [6, 6.07) is 6.24. The largest absolute Gasteiger partial charge is 0.478 e. The number of rotatable bonds is 6. The Morgan fingerprint density at radius 1 is 1.29 bits per heavy atom. The molecular formula is C11H13O5P. The fourth-order valence-electron chi connectivity index (χ4n) is 1.36. The Kier molecular flexibility index (Phi) is 4.75. The number of methoxy groups -OCH3 is 2. The van der Waals surface area contributed by atoms with Gasteiger partial charge in [-0.2, -0.15) is 0 Å². The SMILES string of the molecule is COC(Cc1ccc(C(=O)O)cc1)(OC)P=O. The van der Waals surface area contributed by atoms with Gasteiger partial charge in [-0.15, -0.1) is 0 Å². The molecule has 17 heavy (non-hydrogen) atoms. The van der Waals surface area contributed by atoms with Crippen LogP contribution in [0.1, 0.15) is 15.9 Å². The predicted octanol–water partition coefficient (Wildman–Crippen LogP) is 2.17. The zero-order valence-electron chi connectivity index (χ0n) is 9.54. The molecular weight excluding hydrogens is 243 g/mol. The number of aromatic carboxylic acids is 1. The second-order valence-electron chi connectivity index (χ2n) is 3.39. The van der Waals surface area contributed by atoms with Gasteiger partial charge in [-0.05, 0) is 17.7 Å². The van der Waals surface area contributed by atoms with Gasteiger partial charge in [-0.25, -0.2) is 4.79 Å². The summed E-state index contributed by atoms with van der Waals surface area (Å²) in [5.74, 6) is -0.983. The van der Waals surface area contributed by atoms with Crippen molar-refractivity contribution in [2.45, 2.75) is 11.9 Å². The maximum Gasteiger partial charge on any atom is 0.335 e. The van der Waals surface area contributed by atoms with E-state index in [1.807, 2.05) is 0 Å². The zero-order chi connectivity index (χ0) is 12.9. The summed E-state index contributed by atoms with van der Waals surface area (Å²) in [7, 11) is 2.52. The van der Waals surface area contributed by atoms with Gasteiger partial charge in [0.25, 0.3) is 5.53 Å². The number of hydrogen-bond donors (Lipinski definition) is 1. The minimum Gasteiger partial charge on any atom is -0.478 e. The molecule has 0 aliphatic heterocycles. The van der Waals surface area contributed by atoms with E-state index in [9.17, 15) is 9.36 Å². The highest BCUT2D eigenvalue weighted by Crippen LogP contribution is 2.29. The molecule has 1 N–H and O–H groups in total. The third-order valence-electron chi connectivity index (χ3n) is 2.41. The molecule has 0 aromatic heterocycles. The first-order chi connectivity index (χ1) is 8.06. The van der Waals surface area contributed by atoms with Crippen LogP contribution >= 0.6 is 8.46 Å². The second kappa shape index (κ2) is 5.87. The zero-order valence-corrected chi connectivity index (χ0v) is 10.4. The van der Waals surface area contributed by atoms with E-state index in [2.05, 4.69) is 0 Å². The van der Waals surface area contributed by atoms with E-state index in [0.717, 1.165) is 5.56 Å². The molecule has 5 nitrogen and oxygen atoms in total. The number of hydrogen-bond acceptors (Lipinski definition) is 4. The maximum absolute atomic E-state index is 11.0. The first-order valence-corrected chi connectivity index (χ1v) is 5.65. The maximum atomic E-state index is 11.0. The Bertz CT molecular complexity index is 397. The Morgan fingerprint density at radius 2 is 1.82 bits per heavy atom. The van der Waals surface area contributed by atoms with Gasteiger partial charge in [0.05, 0.1) is 5.56 Å². The van der Waals surface area contributed by atoms with E-state index in [-0.39, 0.29) is 20.4 Å². The lowest BCUT2D eigenvalue weighted by molar-refractivity contribution is -0.136. The van der Waals surface area contributed by atoms with Crippen molar-refractivity contribution in [3.8, 4) is 0 Å². The van der Waals surface area contributed by atoms with Crippen molar-refractivity contribution in [2.75, 3.05) is 14.2 Å². The summed E-state index contributed by atoms with van der Waals surface area (Å²) < 4.78 is 21.1. The normalized spacial score (nSPS) is 11.6. The smallest absolute Gasteiger partial charge is 0.335 e. The summed E-state index contributed by atoms with van der Waals surface area (Å²) in [6.45, 7) is 0. The van der Waals surface area contributed by atoms with E-state index in [0.29, 0.717) is 0 Å². The standard InChI is InChI=1S/C11H13O5P/c1-15-11(16-2,17-14)7-8-3-5-9(6-4-8)10(12)13/h3-6H,7H2,1-2H3,(H,12,13). The summed E-state index contributed by atoms with van der Waals surface area (Å²) in [5.41, 5.74) is -0.235. The van der Waals surface area contributed by atoms with Crippen molar-refractivity contribution in [1.29, 1.82) is 0 Å². The van der Waals surface area contributed by atoms with Crippen LogP contribution in [0.15, 0.2) is 24.3 Å². The molecule has 0 aliphatic rings. The molecule has 1 aromatic rings. The lowest BCUT2D eigenvalue weighted by atomic mass is 10.1. The highest BCUT2D eigenvalue weighted by atomic mass is 31.1. The van der Waals surface area contributed by atoms with Crippen LogP contribution < -0.4 is 0 Å². The van der Waals surface area contributed by atoms with E-state index in [4.69, 9.17) is 14.6 Å². The van der Waals surface area contributed by atoms with E-state index in [1.165, 1.54) is 26.4 Å². The van der Waals surface area contributed by atoms with Gasteiger partial charge >= 0.3 is 5.97 Å². The Morgan fingerprint density at radius 3 is 2.18 bits per heavy atom. The molecule has 92 valence electrons. The van der Waals surface area contributed by atoms with Gasteiger partial charge in [-0.1, -0.05) is 12.1 Å². The molecule has 0 saturated heterocycles. The third-order valence-corrected chi connectivity index (χ3v) is 3.21. The number of benzene rings is 1. The summed E-state index contributed by atoms with van der Waals surface area (Å²) >= 11 is 0. The van der Waals surface area contributed by atoms with Gasteiger partial charge < -0.3 is 14.6 Å². The molecule has 0 bridgehead atoms. The van der Waals surface area contributed by atoms with Crippen LogP contribution in [0, 0.1) is 0 Å². The molecule has 0 radical (unpaired) electrons. The predicted molar refractivity (Wildman–Crippen MR) is 61.5 cm³/mol. The molecule has 0 atom stereocenters. The van der Waals surface area contributed by atoms with Crippen LogP contribution in [0.5, 0.6) is 0 Å². The van der Waals surface area contributed by atoms with Crippen LogP contribution in [-0.2, 0) is 20.5 Å². The van der Waals surface area contributed by atoms with Crippen molar-refractivity contribution >= 4 is 14.4 Å². The first-order valence-electron chi connectivity index (χ1n) is 4.84. The quantitative estimate of drug-likeness (QED) is 0.623. The van der Waals surface area contributed by atoms with E-state index >= 15 is 0 Å². The number of carboxylic acids is 1. The Hall–Kier alpha value is -1.29. The molecule has 0 heterocycles. The van der Waals surface area contributed by atoms with Crippen molar-refractivity contribution in [1.82, 2.24) is 0 Å². The lowest BCUT2D eigenvalue weighted by Crippen LogP contribution is -2.29. The minimum atomic E-state index is -1.22. The van der Waals surface area contributed by atoms with Crippen molar-refractivity contribution in [3.05, 3.63) is 35.4 Å². The molecule has 0 fully saturated rings. The molecule has 1 aromatic carbocycles. The van der Waals surface area contributed by atoms with Gasteiger partial charge in [0.15, 0.2) is 0 Å². The fraction of sp³-hybridized carbons (Fsp3) is 0.364. The van der Waals surface area contributed by atoms with Crippen LogP contribution in [0.3, 0.4) is 0 Å². The van der Waals surface area contributed by atoms with Gasteiger partial charge in [0, 0.05) is 20.6 Å². The minimum absolute atomic E-state index is 0.203. The summed E-state index contributed by atoms with van der Waals surface area (Å²) in [5, 5.41) is 8.75. The monoisotopic (exact) mass is 256 g/mol. The number of carboxylic acid groups (broad SMARTS) is 1. The second-order valence-corrected chi connectivity index (χ2v) is 4.26. The van der Waals surface area contributed by atoms with Crippen molar-refractivity contribution in [2.24, 2.45) is 0 Å². The Balaban J connectivity index is 2.87. The van der Waals surface area contributed by atoms with Crippen LogP contribution in [-0.4, -0.2) is 30.8 Å². The first kappa shape index (κ1) is 13.8. The molecule has 0 saturated carbocycles. The van der Waals surface area contributed by atoms with Gasteiger partial charge in [0.1, 0.15) is 0 Å². The summed E-state index contributed by atoms with van der Waals surface area (Å²) in [4.78, 5) is 10.7. The molecule has 0 amide bonds. The average Bonchev–Trinajstić information content (AvgIpc) is 2.37. The third kappa shape index (κ3) is 3.33. The van der Waals surface area contributed by atoms with Crippen molar-refractivity contribution < 1.29 is 23.9 Å². The Labute approximate surface area is 101 Å². The number of carbonyl (C=O) groups is 1. The molecule has 0 spiro atoms. The summed E-state index contributed by atoms with van der Waals surface area (Å²) in [6.07, 6.45) is 0.269. The fourth-order valence-corrected chi connectivity index (χ4v) is 1.75. The highest BCUT2D eigenvalue weighted by molar-refractivity contribution is 7.25. The van der Waals surface area contributed by atoms with Crippen LogP contribution in [0.25, 0.3) is 0 Å². The molecule has 6 heteroatoms. The molecule has 1 rings (SSSR count). The van der Waals surface area contributed by atoms with Crippen LogP contribution in [0.4, 0.5) is 0 Å². The average molecular weight is 256 g/mol. The highest BCUT2D eigenvalue weighted by Gasteiger charge is 2.31.